The van der Waals surface area contributed by atoms with Crippen molar-refractivity contribution in [2.45, 2.75) is 11.9 Å². The number of ether oxygens (including phenoxy) is 1. The standard InChI is InChI=1S/C27H26N4O4S/c1-29-17-23(26(35-3)20-12-8-5-9-13-20)22-14-24(21-15-28-30(2)16-21)31(25(22)27(29)32)36(33,34)18-19-10-6-4-7-11-19/h4-17,26H,18H2,1-3H3. The van der Waals surface area contributed by atoms with Gasteiger partial charge in [-0.05, 0) is 17.2 Å². The van der Waals surface area contributed by atoms with Gasteiger partial charge >= 0.3 is 0 Å². The van der Waals surface area contributed by atoms with Crippen LogP contribution in [0.5, 0.6) is 0 Å². The van der Waals surface area contributed by atoms with Crippen molar-refractivity contribution in [2.75, 3.05) is 7.11 Å². The highest BCUT2D eigenvalue weighted by Crippen LogP contribution is 2.36. The molecule has 0 saturated carbocycles. The topological polar surface area (TPSA) is 88.1 Å². The molecule has 0 aliphatic rings. The van der Waals surface area contributed by atoms with Crippen molar-refractivity contribution in [1.29, 1.82) is 0 Å². The van der Waals surface area contributed by atoms with Gasteiger partial charge in [0, 0.05) is 50.1 Å². The molecule has 0 bridgehead atoms. The molecule has 2 aromatic carbocycles. The first kappa shape index (κ1) is 23.8. The van der Waals surface area contributed by atoms with E-state index >= 15 is 0 Å². The lowest BCUT2D eigenvalue weighted by Gasteiger charge is -2.18. The zero-order valence-corrected chi connectivity index (χ0v) is 21.0. The Kier molecular flexibility index (Phi) is 6.11. The van der Waals surface area contributed by atoms with Crippen molar-refractivity contribution in [3.8, 4) is 11.3 Å². The van der Waals surface area contributed by atoms with Crippen LogP contribution in [0.15, 0.2) is 90.1 Å². The van der Waals surface area contributed by atoms with E-state index in [9.17, 15) is 13.2 Å². The van der Waals surface area contributed by atoms with E-state index in [1.165, 1.54) is 8.54 Å². The Morgan fingerprint density at radius 2 is 1.64 bits per heavy atom. The van der Waals surface area contributed by atoms with Crippen LogP contribution in [0.1, 0.15) is 22.8 Å². The lowest BCUT2D eigenvalue weighted by molar-refractivity contribution is 0.137. The Labute approximate surface area is 209 Å². The predicted molar refractivity (Wildman–Crippen MR) is 139 cm³/mol. The highest BCUT2D eigenvalue weighted by molar-refractivity contribution is 7.89. The maximum atomic E-state index is 13.9. The number of pyridine rings is 1. The van der Waals surface area contributed by atoms with Gasteiger partial charge in [0.2, 0.25) is 10.0 Å². The van der Waals surface area contributed by atoms with Crippen LogP contribution in [-0.2, 0) is 34.6 Å². The van der Waals surface area contributed by atoms with Crippen LogP contribution in [0.3, 0.4) is 0 Å². The van der Waals surface area contributed by atoms with E-state index in [0.29, 0.717) is 27.8 Å². The van der Waals surface area contributed by atoms with Gasteiger partial charge in [-0.25, -0.2) is 12.4 Å². The van der Waals surface area contributed by atoms with Crippen molar-refractivity contribution in [2.24, 2.45) is 14.1 Å². The monoisotopic (exact) mass is 502 g/mol. The van der Waals surface area contributed by atoms with Crippen LogP contribution >= 0.6 is 0 Å². The molecule has 5 aromatic rings. The van der Waals surface area contributed by atoms with Crippen molar-refractivity contribution in [3.05, 3.63) is 112 Å². The number of hydrogen-bond donors (Lipinski definition) is 0. The number of hydrogen-bond acceptors (Lipinski definition) is 5. The maximum absolute atomic E-state index is 13.9. The van der Waals surface area contributed by atoms with Gasteiger partial charge in [0.05, 0.1) is 17.6 Å². The van der Waals surface area contributed by atoms with Crippen molar-refractivity contribution >= 4 is 20.9 Å². The van der Waals surface area contributed by atoms with Gasteiger partial charge in [-0.15, -0.1) is 0 Å². The lowest BCUT2D eigenvalue weighted by atomic mass is 9.99. The second-order valence-corrected chi connectivity index (χ2v) is 10.5. The number of aryl methyl sites for hydroxylation is 2. The van der Waals surface area contributed by atoms with Gasteiger partial charge in [-0.2, -0.15) is 5.10 Å². The molecule has 0 radical (unpaired) electrons. The Hall–Kier alpha value is -3.95. The third kappa shape index (κ3) is 4.16. The molecule has 0 amide bonds. The summed E-state index contributed by atoms with van der Waals surface area (Å²) in [5, 5.41) is 4.75. The summed E-state index contributed by atoms with van der Waals surface area (Å²) in [6.45, 7) is 0. The SMILES string of the molecule is COC(c1ccccc1)c1cn(C)c(=O)c2c1cc(-c1cnn(C)c1)n2S(=O)(=O)Cc1ccccc1. The number of methoxy groups -OCH3 is 1. The van der Waals surface area contributed by atoms with Crippen LogP contribution < -0.4 is 5.56 Å². The van der Waals surface area contributed by atoms with E-state index in [1.54, 1.807) is 74.8 Å². The van der Waals surface area contributed by atoms with E-state index in [0.717, 1.165) is 5.56 Å². The lowest BCUT2D eigenvalue weighted by Crippen LogP contribution is -2.25. The molecule has 1 atom stereocenters. The average Bonchev–Trinajstić information content (AvgIpc) is 3.48. The summed E-state index contributed by atoms with van der Waals surface area (Å²) in [6, 6.07) is 20.3. The molecule has 8 nitrogen and oxygen atoms in total. The summed E-state index contributed by atoms with van der Waals surface area (Å²) in [6.07, 6.45) is 4.54. The molecule has 3 heterocycles. The smallest absolute Gasteiger partial charge is 0.275 e. The van der Waals surface area contributed by atoms with Gasteiger partial charge in [0.1, 0.15) is 11.6 Å². The minimum atomic E-state index is -3.99. The Bertz CT molecular complexity index is 1700. The molecule has 5 rings (SSSR count). The normalized spacial score (nSPS) is 12.8. The van der Waals surface area contributed by atoms with E-state index < -0.39 is 21.7 Å². The Morgan fingerprint density at radius 3 is 2.25 bits per heavy atom. The molecule has 0 saturated heterocycles. The van der Waals surface area contributed by atoms with Gasteiger partial charge < -0.3 is 9.30 Å². The zero-order chi connectivity index (χ0) is 25.4. The minimum absolute atomic E-state index is 0.0859. The van der Waals surface area contributed by atoms with E-state index in [-0.39, 0.29) is 11.3 Å². The number of benzene rings is 2. The number of aromatic nitrogens is 4. The summed E-state index contributed by atoms with van der Waals surface area (Å²) in [7, 11) is 0.982. The first-order chi connectivity index (χ1) is 17.3. The summed E-state index contributed by atoms with van der Waals surface area (Å²) in [5.41, 5.74) is 2.85. The van der Waals surface area contributed by atoms with E-state index in [1.807, 2.05) is 36.4 Å². The summed E-state index contributed by atoms with van der Waals surface area (Å²) >= 11 is 0. The maximum Gasteiger partial charge on any atom is 0.275 e. The molecule has 0 aliphatic carbocycles. The number of rotatable bonds is 7. The van der Waals surface area contributed by atoms with Crippen molar-refractivity contribution in [3.63, 3.8) is 0 Å². The van der Waals surface area contributed by atoms with Crippen LogP contribution in [0, 0.1) is 0 Å². The van der Waals surface area contributed by atoms with Gasteiger partial charge in [-0.3, -0.25) is 9.48 Å². The van der Waals surface area contributed by atoms with Crippen molar-refractivity contribution < 1.29 is 13.2 Å². The van der Waals surface area contributed by atoms with Gasteiger partial charge in [0.25, 0.3) is 5.56 Å². The summed E-state index contributed by atoms with van der Waals surface area (Å²) in [5.74, 6) is -0.259. The molecular formula is C27H26N4O4S. The Morgan fingerprint density at radius 1 is 0.972 bits per heavy atom. The third-order valence-corrected chi connectivity index (χ3v) is 7.85. The van der Waals surface area contributed by atoms with E-state index in [2.05, 4.69) is 5.10 Å². The zero-order valence-electron chi connectivity index (χ0n) is 20.2. The number of fused-ring (bicyclic) bond motifs is 1. The molecule has 3 aromatic heterocycles. The van der Waals surface area contributed by atoms with Crippen molar-refractivity contribution in [1.82, 2.24) is 18.3 Å². The fourth-order valence-corrected chi connectivity index (χ4v) is 6.25. The summed E-state index contributed by atoms with van der Waals surface area (Å²) < 4.78 is 37.9. The third-order valence-electron chi connectivity index (χ3n) is 6.22. The van der Waals surface area contributed by atoms with E-state index in [4.69, 9.17) is 4.74 Å². The first-order valence-corrected chi connectivity index (χ1v) is 13.0. The molecule has 0 fully saturated rings. The molecule has 36 heavy (non-hydrogen) atoms. The first-order valence-electron chi connectivity index (χ1n) is 11.4. The van der Waals surface area contributed by atoms with Crippen LogP contribution in [0.2, 0.25) is 0 Å². The second kappa shape index (κ2) is 9.25. The average molecular weight is 503 g/mol. The summed E-state index contributed by atoms with van der Waals surface area (Å²) in [4.78, 5) is 13.5. The highest BCUT2D eigenvalue weighted by atomic mass is 32.2. The second-order valence-electron chi connectivity index (χ2n) is 8.73. The molecule has 9 heteroatoms. The predicted octanol–water partition coefficient (Wildman–Crippen LogP) is 3.85. The molecule has 0 N–H and O–H groups in total. The fourth-order valence-electron chi connectivity index (χ4n) is 4.59. The Balaban J connectivity index is 1.84. The quantitative estimate of drug-likeness (QED) is 0.337. The van der Waals surface area contributed by atoms with Crippen LogP contribution in [-0.4, -0.2) is 33.8 Å². The molecule has 0 aliphatic heterocycles. The van der Waals surface area contributed by atoms with Crippen LogP contribution in [0.4, 0.5) is 0 Å². The fraction of sp³-hybridized carbons (Fsp3) is 0.185. The minimum Gasteiger partial charge on any atom is -0.372 e. The molecule has 184 valence electrons. The van der Waals surface area contributed by atoms with Gasteiger partial charge in [0.15, 0.2) is 0 Å². The van der Waals surface area contributed by atoms with Crippen LogP contribution in [0.25, 0.3) is 22.2 Å². The highest BCUT2D eigenvalue weighted by Gasteiger charge is 2.29. The number of nitrogens with zero attached hydrogens (tertiary/aromatic N) is 4. The molecular weight excluding hydrogens is 476 g/mol. The largest absolute Gasteiger partial charge is 0.372 e. The molecule has 1 unspecified atom stereocenters. The van der Waals surface area contributed by atoms with Gasteiger partial charge in [-0.1, -0.05) is 60.7 Å². The molecule has 0 spiro atoms.